The number of hydrogen-bond donors (Lipinski definition) is 0. The fraction of sp³-hybridized carbons (Fsp3) is 0. The molecule has 0 fully saturated rings. The van der Waals surface area contributed by atoms with Gasteiger partial charge in [-0.1, -0.05) is 84.9 Å². The molecule has 1 heteroatoms. The summed E-state index contributed by atoms with van der Waals surface area (Å²) in [5, 5.41) is 12.6. The van der Waals surface area contributed by atoms with E-state index in [9.17, 15) is 4.39 Å². The normalized spacial score (nSPS) is 11.9. The van der Waals surface area contributed by atoms with Crippen LogP contribution in [-0.2, 0) is 0 Å². The SMILES string of the molecule is Fc1ccc(-c2cc3ccc4cc(-c5c6ccccc6cc6ccccc56)cc5ccc(c2)c3c45)cc1. The van der Waals surface area contributed by atoms with E-state index in [-0.39, 0.29) is 5.82 Å². The lowest BCUT2D eigenvalue weighted by atomic mass is 9.87. The molecule has 0 heterocycles. The van der Waals surface area contributed by atoms with Crippen LogP contribution in [0, 0.1) is 5.82 Å². The molecule has 0 aliphatic carbocycles. The van der Waals surface area contributed by atoms with E-state index in [0.717, 1.165) is 11.1 Å². The molecule has 0 aliphatic heterocycles. The second kappa shape index (κ2) is 7.62. The van der Waals surface area contributed by atoms with Crippen LogP contribution in [0.25, 0.3) is 76.1 Å². The minimum Gasteiger partial charge on any atom is -0.207 e. The number of hydrogen-bond acceptors (Lipinski definition) is 0. The Bertz CT molecular complexity index is 2010. The molecule has 8 aromatic carbocycles. The van der Waals surface area contributed by atoms with Crippen LogP contribution < -0.4 is 0 Å². The molecule has 0 nitrogen and oxygen atoms in total. The highest BCUT2D eigenvalue weighted by molar-refractivity contribution is 6.25. The Morgan fingerprint density at radius 2 is 0.811 bits per heavy atom. The van der Waals surface area contributed by atoms with Gasteiger partial charge in [0.25, 0.3) is 0 Å². The number of fused-ring (bicyclic) bond motifs is 2. The first-order valence-electron chi connectivity index (χ1n) is 12.6. The third kappa shape index (κ3) is 3.07. The van der Waals surface area contributed by atoms with Crippen molar-refractivity contribution in [3.63, 3.8) is 0 Å². The molecular weight excluding hydrogens is 451 g/mol. The molecule has 0 atom stereocenters. The van der Waals surface area contributed by atoms with Crippen LogP contribution in [-0.4, -0.2) is 0 Å². The number of rotatable bonds is 2. The van der Waals surface area contributed by atoms with Gasteiger partial charge in [-0.05, 0) is 119 Å². The van der Waals surface area contributed by atoms with Crippen LogP contribution >= 0.6 is 0 Å². The van der Waals surface area contributed by atoms with Gasteiger partial charge in [0, 0.05) is 0 Å². The summed E-state index contributed by atoms with van der Waals surface area (Å²) >= 11 is 0. The summed E-state index contributed by atoms with van der Waals surface area (Å²) in [5.74, 6) is -0.212. The molecule has 0 amide bonds. The zero-order chi connectivity index (χ0) is 24.5. The van der Waals surface area contributed by atoms with Gasteiger partial charge in [0.1, 0.15) is 5.82 Å². The lowest BCUT2D eigenvalue weighted by molar-refractivity contribution is 0.628. The van der Waals surface area contributed by atoms with E-state index < -0.39 is 0 Å². The molecule has 172 valence electrons. The van der Waals surface area contributed by atoms with Gasteiger partial charge in [-0.25, -0.2) is 4.39 Å². The van der Waals surface area contributed by atoms with Crippen molar-refractivity contribution in [3.05, 3.63) is 133 Å². The van der Waals surface area contributed by atoms with E-state index in [4.69, 9.17) is 0 Å². The molecule has 8 aromatic rings. The maximum absolute atomic E-state index is 13.5. The largest absolute Gasteiger partial charge is 0.207 e. The van der Waals surface area contributed by atoms with Crippen molar-refractivity contribution in [3.8, 4) is 22.3 Å². The number of benzene rings is 8. The average Bonchev–Trinajstić information content (AvgIpc) is 2.94. The van der Waals surface area contributed by atoms with E-state index in [0.29, 0.717) is 0 Å². The summed E-state index contributed by atoms with van der Waals surface area (Å²) in [6.07, 6.45) is 0. The Hall–Kier alpha value is -4.75. The zero-order valence-electron chi connectivity index (χ0n) is 20.0. The predicted octanol–water partition coefficient (Wildman–Crippen LogP) is 10.4. The Morgan fingerprint density at radius 3 is 1.32 bits per heavy atom. The van der Waals surface area contributed by atoms with Gasteiger partial charge in [0.05, 0.1) is 0 Å². The molecule has 0 saturated carbocycles. The van der Waals surface area contributed by atoms with Crippen LogP contribution in [0.4, 0.5) is 4.39 Å². The quantitative estimate of drug-likeness (QED) is 0.173. The first-order valence-corrected chi connectivity index (χ1v) is 12.6. The van der Waals surface area contributed by atoms with Gasteiger partial charge >= 0.3 is 0 Å². The monoisotopic (exact) mass is 472 g/mol. The van der Waals surface area contributed by atoms with E-state index in [1.807, 2.05) is 12.1 Å². The maximum atomic E-state index is 13.5. The summed E-state index contributed by atoms with van der Waals surface area (Å²) < 4.78 is 13.5. The van der Waals surface area contributed by atoms with Gasteiger partial charge in [-0.3, -0.25) is 0 Å². The van der Waals surface area contributed by atoms with Crippen molar-refractivity contribution in [1.29, 1.82) is 0 Å². The van der Waals surface area contributed by atoms with Crippen LogP contribution in [0.1, 0.15) is 0 Å². The topological polar surface area (TPSA) is 0 Å². The van der Waals surface area contributed by atoms with Crippen molar-refractivity contribution < 1.29 is 4.39 Å². The van der Waals surface area contributed by atoms with E-state index >= 15 is 0 Å². The standard InChI is InChI=1S/C36H21F/c37-31-15-13-22(14-16-31)29-18-25-9-11-27-20-30(21-28-12-10-26(19-29)34(25)35(27)28)36-32-7-3-1-5-23(32)17-24-6-2-4-8-33(24)36/h1-21H. The second-order valence-corrected chi connectivity index (χ2v) is 9.93. The number of halogens is 1. The Balaban J connectivity index is 1.41. The lowest BCUT2D eigenvalue weighted by Crippen LogP contribution is -1.89. The van der Waals surface area contributed by atoms with Crippen molar-refractivity contribution in [2.24, 2.45) is 0 Å². The van der Waals surface area contributed by atoms with Crippen molar-refractivity contribution in [2.45, 2.75) is 0 Å². The Labute approximate surface area is 213 Å². The smallest absolute Gasteiger partial charge is 0.123 e. The summed E-state index contributed by atoms with van der Waals surface area (Å²) in [4.78, 5) is 0. The first-order chi connectivity index (χ1) is 18.2. The van der Waals surface area contributed by atoms with Crippen molar-refractivity contribution in [1.82, 2.24) is 0 Å². The molecule has 0 N–H and O–H groups in total. The molecule has 0 aromatic heterocycles. The van der Waals surface area contributed by atoms with Gasteiger partial charge < -0.3 is 0 Å². The minimum atomic E-state index is -0.212. The fourth-order valence-corrected chi connectivity index (χ4v) is 6.12. The summed E-state index contributed by atoms with van der Waals surface area (Å²) in [6, 6.07) is 44.5. The molecule has 0 saturated heterocycles. The van der Waals surface area contributed by atoms with Crippen molar-refractivity contribution >= 4 is 53.9 Å². The van der Waals surface area contributed by atoms with E-state index in [1.54, 1.807) is 0 Å². The van der Waals surface area contributed by atoms with Crippen LogP contribution in [0.2, 0.25) is 0 Å². The highest BCUT2D eigenvalue weighted by Crippen LogP contribution is 2.42. The van der Waals surface area contributed by atoms with E-state index in [1.165, 1.54) is 77.1 Å². The second-order valence-electron chi connectivity index (χ2n) is 9.93. The molecule has 0 radical (unpaired) electrons. The van der Waals surface area contributed by atoms with Crippen LogP contribution in [0.5, 0.6) is 0 Å². The lowest BCUT2D eigenvalue weighted by Gasteiger charge is -2.16. The summed E-state index contributed by atoms with van der Waals surface area (Å²) in [6.45, 7) is 0. The molecule has 0 spiro atoms. The minimum absolute atomic E-state index is 0.212. The van der Waals surface area contributed by atoms with Crippen LogP contribution in [0.15, 0.2) is 127 Å². The third-order valence-corrected chi connectivity index (χ3v) is 7.77. The van der Waals surface area contributed by atoms with Gasteiger partial charge in [0.15, 0.2) is 0 Å². The van der Waals surface area contributed by atoms with Gasteiger partial charge in [0.2, 0.25) is 0 Å². The van der Waals surface area contributed by atoms with E-state index in [2.05, 4.69) is 103 Å². The molecular formula is C36H21F. The van der Waals surface area contributed by atoms with Gasteiger partial charge in [-0.2, -0.15) is 0 Å². The Kier molecular flexibility index (Phi) is 4.21. The third-order valence-electron chi connectivity index (χ3n) is 7.77. The fourth-order valence-electron chi connectivity index (χ4n) is 6.12. The zero-order valence-corrected chi connectivity index (χ0v) is 20.0. The predicted molar refractivity (Wildman–Crippen MR) is 156 cm³/mol. The van der Waals surface area contributed by atoms with Crippen molar-refractivity contribution in [2.75, 3.05) is 0 Å². The first kappa shape index (κ1) is 20.4. The molecule has 0 aliphatic rings. The average molecular weight is 473 g/mol. The molecule has 0 bridgehead atoms. The summed E-state index contributed by atoms with van der Waals surface area (Å²) in [5.41, 5.74) is 4.66. The molecule has 8 rings (SSSR count). The Morgan fingerprint density at radius 1 is 0.351 bits per heavy atom. The molecule has 0 unspecified atom stereocenters. The maximum Gasteiger partial charge on any atom is 0.123 e. The summed E-state index contributed by atoms with van der Waals surface area (Å²) in [7, 11) is 0. The highest BCUT2D eigenvalue weighted by atomic mass is 19.1. The molecule has 37 heavy (non-hydrogen) atoms. The van der Waals surface area contributed by atoms with Crippen LogP contribution in [0.3, 0.4) is 0 Å². The highest BCUT2D eigenvalue weighted by Gasteiger charge is 2.15. The van der Waals surface area contributed by atoms with Gasteiger partial charge in [-0.15, -0.1) is 0 Å².